The third-order valence-corrected chi connectivity index (χ3v) is 3.78. The molecule has 0 bridgehead atoms. The number of methoxy groups -OCH3 is 1. The lowest BCUT2D eigenvalue weighted by Crippen LogP contribution is -2.25. The molecule has 0 fully saturated rings. The van der Waals surface area contributed by atoms with Crippen LogP contribution in [0.5, 0.6) is 5.75 Å². The maximum absolute atomic E-state index is 12.0. The minimum Gasteiger partial charge on any atom is -0.497 e. The van der Waals surface area contributed by atoms with Crippen LogP contribution in [0, 0.1) is 0 Å². The first-order valence-electron chi connectivity index (χ1n) is 8.00. The Morgan fingerprint density at radius 3 is 2.52 bits per heavy atom. The maximum Gasteiger partial charge on any atom is 0.224 e. The molecule has 1 amide bonds. The van der Waals surface area contributed by atoms with Crippen molar-refractivity contribution < 1.29 is 9.53 Å². The normalized spacial score (nSPS) is 10.3. The van der Waals surface area contributed by atoms with E-state index in [-0.39, 0.29) is 5.91 Å². The van der Waals surface area contributed by atoms with Crippen molar-refractivity contribution >= 4 is 5.91 Å². The standard InChI is InChI=1S/C20H19N3O2/c1-25-18-9-7-16(8-10-18)19-12-17(22-14-23-19)13-21-20(24)11-15-5-3-2-4-6-15/h2-10,12,14H,11,13H2,1H3,(H,21,24). The van der Waals surface area contributed by atoms with Crippen molar-refractivity contribution in [1.82, 2.24) is 15.3 Å². The lowest BCUT2D eigenvalue weighted by Gasteiger charge is -2.07. The van der Waals surface area contributed by atoms with Crippen LogP contribution in [0.2, 0.25) is 0 Å². The lowest BCUT2D eigenvalue weighted by atomic mass is 10.1. The number of aromatic nitrogens is 2. The molecule has 0 unspecified atom stereocenters. The van der Waals surface area contributed by atoms with Crippen molar-refractivity contribution in [2.24, 2.45) is 0 Å². The van der Waals surface area contributed by atoms with Gasteiger partial charge in [-0.3, -0.25) is 4.79 Å². The van der Waals surface area contributed by atoms with Gasteiger partial charge in [0, 0.05) is 5.56 Å². The van der Waals surface area contributed by atoms with Crippen molar-refractivity contribution in [3.63, 3.8) is 0 Å². The van der Waals surface area contributed by atoms with Gasteiger partial charge < -0.3 is 10.1 Å². The first-order valence-corrected chi connectivity index (χ1v) is 8.00. The average molecular weight is 333 g/mol. The highest BCUT2D eigenvalue weighted by molar-refractivity contribution is 5.78. The van der Waals surface area contributed by atoms with Gasteiger partial charge >= 0.3 is 0 Å². The lowest BCUT2D eigenvalue weighted by molar-refractivity contribution is -0.120. The molecule has 0 aliphatic carbocycles. The molecule has 126 valence electrons. The highest BCUT2D eigenvalue weighted by Crippen LogP contribution is 2.20. The number of rotatable bonds is 6. The zero-order valence-electron chi connectivity index (χ0n) is 14.0. The van der Waals surface area contributed by atoms with E-state index in [4.69, 9.17) is 4.74 Å². The highest BCUT2D eigenvalue weighted by atomic mass is 16.5. The number of carbonyl (C=O) groups excluding carboxylic acids is 1. The summed E-state index contributed by atoms with van der Waals surface area (Å²) in [6.07, 6.45) is 1.87. The number of nitrogens with zero attached hydrogens (tertiary/aromatic N) is 2. The molecule has 0 saturated carbocycles. The van der Waals surface area contributed by atoms with E-state index in [1.807, 2.05) is 60.7 Å². The molecule has 1 heterocycles. The van der Waals surface area contributed by atoms with E-state index in [1.165, 1.54) is 6.33 Å². The molecule has 25 heavy (non-hydrogen) atoms. The van der Waals surface area contributed by atoms with E-state index in [0.717, 1.165) is 28.3 Å². The summed E-state index contributed by atoms with van der Waals surface area (Å²) >= 11 is 0. The fourth-order valence-corrected chi connectivity index (χ4v) is 2.45. The van der Waals surface area contributed by atoms with E-state index >= 15 is 0 Å². The number of hydrogen-bond acceptors (Lipinski definition) is 4. The third kappa shape index (κ3) is 4.64. The summed E-state index contributed by atoms with van der Waals surface area (Å²) < 4.78 is 5.16. The van der Waals surface area contributed by atoms with E-state index < -0.39 is 0 Å². The van der Waals surface area contributed by atoms with E-state index in [2.05, 4.69) is 15.3 Å². The van der Waals surface area contributed by atoms with Crippen LogP contribution in [0.15, 0.2) is 67.0 Å². The molecule has 0 aliphatic rings. The van der Waals surface area contributed by atoms with E-state index in [0.29, 0.717) is 13.0 Å². The largest absolute Gasteiger partial charge is 0.497 e. The van der Waals surface area contributed by atoms with Crippen LogP contribution in [0.4, 0.5) is 0 Å². The third-order valence-electron chi connectivity index (χ3n) is 3.78. The minimum atomic E-state index is -0.0317. The Morgan fingerprint density at radius 1 is 1.04 bits per heavy atom. The molecule has 3 rings (SSSR count). The van der Waals surface area contributed by atoms with E-state index in [9.17, 15) is 4.79 Å². The van der Waals surface area contributed by atoms with Crippen molar-refractivity contribution in [2.45, 2.75) is 13.0 Å². The first-order chi connectivity index (χ1) is 12.2. The molecule has 5 nitrogen and oxygen atoms in total. The first kappa shape index (κ1) is 16.6. The molecule has 0 atom stereocenters. The summed E-state index contributed by atoms with van der Waals surface area (Å²) in [7, 11) is 1.63. The van der Waals surface area contributed by atoms with Gasteiger partial charge in [0.2, 0.25) is 5.91 Å². The summed E-state index contributed by atoms with van der Waals surface area (Å²) in [6, 6.07) is 19.2. The van der Waals surface area contributed by atoms with Gasteiger partial charge in [0.05, 0.1) is 31.5 Å². The minimum absolute atomic E-state index is 0.0317. The molecular formula is C20H19N3O2. The predicted molar refractivity (Wildman–Crippen MR) is 96.0 cm³/mol. The Kier molecular flexibility index (Phi) is 5.36. The predicted octanol–water partition coefficient (Wildman–Crippen LogP) is 3.01. The summed E-state index contributed by atoms with van der Waals surface area (Å²) in [5.41, 5.74) is 3.54. The average Bonchev–Trinajstić information content (AvgIpc) is 2.67. The van der Waals surface area contributed by atoms with Crippen LogP contribution in [0.1, 0.15) is 11.3 Å². The van der Waals surface area contributed by atoms with Gasteiger partial charge in [-0.15, -0.1) is 0 Å². The van der Waals surface area contributed by atoms with Gasteiger partial charge in [-0.1, -0.05) is 30.3 Å². The molecule has 1 N–H and O–H groups in total. The monoisotopic (exact) mass is 333 g/mol. The fourth-order valence-electron chi connectivity index (χ4n) is 2.45. The molecule has 0 radical (unpaired) electrons. The topological polar surface area (TPSA) is 64.1 Å². The molecule has 1 aromatic heterocycles. The second-order valence-electron chi connectivity index (χ2n) is 5.56. The Morgan fingerprint density at radius 2 is 1.80 bits per heavy atom. The summed E-state index contributed by atoms with van der Waals surface area (Å²) in [6.45, 7) is 0.372. The quantitative estimate of drug-likeness (QED) is 0.753. The SMILES string of the molecule is COc1ccc(-c2cc(CNC(=O)Cc3ccccc3)ncn2)cc1. The Hall–Kier alpha value is -3.21. The van der Waals surface area contributed by atoms with Crippen molar-refractivity contribution in [2.75, 3.05) is 7.11 Å². The second-order valence-corrected chi connectivity index (χ2v) is 5.56. The van der Waals surface area contributed by atoms with Crippen LogP contribution in [-0.4, -0.2) is 23.0 Å². The number of nitrogens with one attached hydrogen (secondary N) is 1. The fraction of sp³-hybridized carbons (Fsp3) is 0.150. The number of ether oxygens (including phenoxy) is 1. The number of amides is 1. The molecule has 5 heteroatoms. The van der Waals surface area contributed by atoms with Gasteiger partial charge in [-0.2, -0.15) is 0 Å². The second kappa shape index (κ2) is 8.06. The Bertz CT molecular complexity index is 833. The molecule has 0 aliphatic heterocycles. The van der Waals surface area contributed by atoms with Crippen molar-refractivity contribution in [3.8, 4) is 17.0 Å². The number of benzene rings is 2. The van der Waals surface area contributed by atoms with Crippen LogP contribution in [0.3, 0.4) is 0 Å². The number of hydrogen-bond donors (Lipinski definition) is 1. The van der Waals surface area contributed by atoms with Crippen molar-refractivity contribution in [3.05, 3.63) is 78.2 Å². The Labute approximate surface area is 146 Å². The smallest absolute Gasteiger partial charge is 0.224 e. The van der Waals surface area contributed by atoms with Gasteiger partial charge in [-0.05, 0) is 35.9 Å². The molecule has 0 saturated heterocycles. The van der Waals surface area contributed by atoms with Crippen LogP contribution < -0.4 is 10.1 Å². The maximum atomic E-state index is 12.0. The zero-order chi connectivity index (χ0) is 17.5. The summed E-state index contributed by atoms with van der Waals surface area (Å²) in [4.78, 5) is 20.6. The summed E-state index contributed by atoms with van der Waals surface area (Å²) in [5, 5.41) is 2.90. The molecule has 3 aromatic rings. The highest BCUT2D eigenvalue weighted by Gasteiger charge is 2.06. The van der Waals surface area contributed by atoms with Gasteiger partial charge in [0.15, 0.2) is 0 Å². The molecule has 2 aromatic carbocycles. The van der Waals surface area contributed by atoms with Gasteiger partial charge in [0.1, 0.15) is 12.1 Å². The van der Waals surface area contributed by atoms with Crippen LogP contribution in [-0.2, 0) is 17.8 Å². The molecule has 0 spiro atoms. The van der Waals surface area contributed by atoms with Gasteiger partial charge in [-0.25, -0.2) is 9.97 Å². The summed E-state index contributed by atoms with van der Waals surface area (Å²) in [5.74, 6) is 0.766. The van der Waals surface area contributed by atoms with Crippen LogP contribution in [0.25, 0.3) is 11.3 Å². The van der Waals surface area contributed by atoms with Gasteiger partial charge in [0.25, 0.3) is 0 Å². The van der Waals surface area contributed by atoms with E-state index in [1.54, 1.807) is 7.11 Å². The zero-order valence-corrected chi connectivity index (χ0v) is 14.0. The molecular weight excluding hydrogens is 314 g/mol. The number of carbonyl (C=O) groups is 1. The van der Waals surface area contributed by atoms with Crippen molar-refractivity contribution in [1.29, 1.82) is 0 Å². The Balaban J connectivity index is 1.62. The van der Waals surface area contributed by atoms with Crippen LogP contribution >= 0.6 is 0 Å².